The Labute approximate surface area is 151 Å². The molecular formula is C19H22N4O3. The van der Waals surface area contributed by atoms with E-state index < -0.39 is 0 Å². The third-order valence-electron chi connectivity index (χ3n) is 4.39. The molecule has 2 heterocycles. The van der Waals surface area contributed by atoms with Gasteiger partial charge in [-0.3, -0.25) is 19.3 Å². The number of carbonyl (C=O) groups is 2. The van der Waals surface area contributed by atoms with Crippen LogP contribution < -0.4 is 16.2 Å². The van der Waals surface area contributed by atoms with E-state index in [1.54, 1.807) is 0 Å². The number of anilines is 1. The van der Waals surface area contributed by atoms with Crippen LogP contribution in [-0.4, -0.2) is 47.4 Å². The molecule has 1 aliphatic heterocycles. The number of H-pyrrole nitrogens is 1. The van der Waals surface area contributed by atoms with E-state index in [9.17, 15) is 14.4 Å². The van der Waals surface area contributed by atoms with Gasteiger partial charge in [0.25, 0.3) is 5.91 Å². The van der Waals surface area contributed by atoms with Gasteiger partial charge in [-0.05, 0) is 31.0 Å². The molecule has 7 heteroatoms. The number of benzene rings is 1. The van der Waals surface area contributed by atoms with E-state index in [2.05, 4.69) is 20.5 Å². The van der Waals surface area contributed by atoms with Gasteiger partial charge in [-0.25, -0.2) is 0 Å². The zero-order chi connectivity index (χ0) is 18.4. The average molecular weight is 354 g/mol. The van der Waals surface area contributed by atoms with Gasteiger partial charge in [0.15, 0.2) is 0 Å². The third kappa shape index (κ3) is 5.03. The number of pyridine rings is 1. The zero-order valence-corrected chi connectivity index (χ0v) is 14.4. The molecule has 0 radical (unpaired) electrons. The highest BCUT2D eigenvalue weighted by Gasteiger charge is 2.22. The number of carbonyl (C=O) groups excluding carboxylic acids is 2. The fraction of sp³-hybridized carbons (Fsp3) is 0.316. The Hall–Kier alpha value is -2.93. The third-order valence-corrected chi connectivity index (χ3v) is 4.39. The molecule has 0 unspecified atom stereocenters. The summed E-state index contributed by atoms with van der Waals surface area (Å²) >= 11 is 0. The number of likely N-dealkylation sites (tertiary alicyclic amines) is 1. The summed E-state index contributed by atoms with van der Waals surface area (Å²) in [6.07, 6.45) is 2.99. The van der Waals surface area contributed by atoms with Gasteiger partial charge in [0, 0.05) is 37.1 Å². The lowest BCUT2D eigenvalue weighted by Gasteiger charge is -2.31. The first-order chi connectivity index (χ1) is 12.6. The van der Waals surface area contributed by atoms with Gasteiger partial charge in [0.05, 0.1) is 12.1 Å². The van der Waals surface area contributed by atoms with Crippen molar-refractivity contribution in [2.45, 2.75) is 18.9 Å². The van der Waals surface area contributed by atoms with Crippen molar-refractivity contribution in [3.05, 3.63) is 64.6 Å². The number of hydrogen-bond donors (Lipinski definition) is 3. The van der Waals surface area contributed by atoms with Crippen LogP contribution in [0.15, 0.2) is 53.5 Å². The first-order valence-corrected chi connectivity index (χ1v) is 8.67. The molecule has 0 aliphatic carbocycles. The van der Waals surface area contributed by atoms with Crippen molar-refractivity contribution in [3.63, 3.8) is 0 Å². The number of aromatic amines is 1. The first-order valence-electron chi connectivity index (χ1n) is 8.67. The van der Waals surface area contributed by atoms with E-state index in [0.717, 1.165) is 31.6 Å². The Kier molecular flexibility index (Phi) is 5.80. The van der Waals surface area contributed by atoms with Crippen LogP contribution in [0.2, 0.25) is 0 Å². The van der Waals surface area contributed by atoms with Crippen molar-refractivity contribution in [1.82, 2.24) is 15.2 Å². The minimum Gasteiger partial charge on any atom is -0.349 e. The zero-order valence-electron chi connectivity index (χ0n) is 14.4. The van der Waals surface area contributed by atoms with Gasteiger partial charge >= 0.3 is 0 Å². The number of aromatic nitrogens is 1. The van der Waals surface area contributed by atoms with Gasteiger partial charge in [-0.1, -0.05) is 18.2 Å². The quantitative estimate of drug-likeness (QED) is 0.752. The fourth-order valence-electron chi connectivity index (χ4n) is 2.98. The summed E-state index contributed by atoms with van der Waals surface area (Å²) in [7, 11) is 0. The molecule has 1 fully saturated rings. The number of nitrogens with one attached hydrogen (secondary N) is 3. The van der Waals surface area contributed by atoms with Crippen LogP contribution in [0.4, 0.5) is 5.69 Å². The molecule has 2 amide bonds. The first kappa shape index (κ1) is 17.9. The van der Waals surface area contributed by atoms with Gasteiger partial charge in [0.2, 0.25) is 11.5 Å². The lowest BCUT2D eigenvalue weighted by molar-refractivity contribution is -0.117. The summed E-state index contributed by atoms with van der Waals surface area (Å²) in [5.41, 5.74) is 0.999. The van der Waals surface area contributed by atoms with Crippen LogP contribution in [-0.2, 0) is 4.79 Å². The minimum atomic E-state index is -0.233. The predicted molar refractivity (Wildman–Crippen MR) is 99.1 cm³/mol. The van der Waals surface area contributed by atoms with E-state index in [-0.39, 0.29) is 23.4 Å². The summed E-state index contributed by atoms with van der Waals surface area (Å²) < 4.78 is 0. The van der Waals surface area contributed by atoms with Crippen LogP contribution >= 0.6 is 0 Å². The lowest BCUT2D eigenvalue weighted by Crippen LogP contribution is -2.46. The molecule has 136 valence electrons. The van der Waals surface area contributed by atoms with Crippen molar-refractivity contribution in [3.8, 4) is 0 Å². The lowest BCUT2D eigenvalue weighted by atomic mass is 10.0. The molecule has 0 bridgehead atoms. The number of para-hydroxylation sites is 1. The van der Waals surface area contributed by atoms with E-state index in [0.29, 0.717) is 12.1 Å². The maximum Gasteiger partial charge on any atom is 0.252 e. The Morgan fingerprint density at radius 3 is 2.46 bits per heavy atom. The number of nitrogens with zero attached hydrogens (tertiary/aromatic N) is 1. The summed E-state index contributed by atoms with van der Waals surface area (Å²) in [5, 5.41) is 5.86. The topological polar surface area (TPSA) is 94.3 Å². The molecule has 2 aromatic rings. The number of amides is 2. The van der Waals surface area contributed by atoms with Gasteiger partial charge < -0.3 is 15.6 Å². The summed E-state index contributed by atoms with van der Waals surface area (Å²) in [6.45, 7) is 1.84. The van der Waals surface area contributed by atoms with Crippen LogP contribution in [0.5, 0.6) is 0 Å². The Morgan fingerprint density at radius 2 is 1.81 bits per heavy atom. The second-order valence-corrected chi connectivity index (χ2v) is 6.38. The summed E-state index contributed by atoms with van der Waals surface area (Å²) in [4.78, 5) is 39.9. The van der Waals surface area contributed by atoms with Crippen molar-refractivity contribution in [2.75, 3.05) is 25.0 Å². The number of rotatable bonds is 5. The molecule has 0 atom stereocenters. The van der Waals surface area contributed by atoms with Gasteiger partial charge in [-0.15, -0.1) is 0 Å². The largest absolute Gasteiger partial charge is 0.349 e. The molecule has 26 heavy (non-hydrogen) atoms. The molecule has 0 spiro atoms. The monoisotopic (exact) mass is 354 g/mol. The van der Waals surface area contributed by atoms with E-state index in [1.165, 1.54) is 18.3 Å². The van der Waals surface area contributed by atoms with E-state index in [1.807, 2.05) is 30.3 Å². The minimum absolute atomic E-state index is 0.0353. The molecular weight excluding hydrogens is 332 g/mol. The SMILES string of the molecule is O=C(CN1CCC(NC(=O)c2ccc(=O)[nH]c2)CC1)Nc1ccccc1. The molecule has 1 aliphatic rings. The van der Waals surface area contributed by atoms with Crippen molar-refractivity contribution >= 4 is 17.5 Å². The van der Waals surface area contributed by atoms with E-state index >= 15 is 0 Å². The highest BCUT2D eigenvalue weighted by Crippen LogP contribution is 2.12. The fourth-order valence-corrected chi connectivity index (χ4v) is 2.98. The van der Waals surface area contributed by atoms with Crippen LogP contribution in [0.3, 0.4) is 0 Å². The predicted octanol–water partition coefficient (Wildman–Crippen LogP) is 1.21. The van der Waals surface area contributed by atoms with Gasteiger partial charge in [-0.2, -0.15) is 0 Å². The molecule has 0 saturated carbocycles. The van der Waals surface area contributed by atoms with Crippen LogP contribution in [0, 0.1) is 0 Å². The molecule has 1 saturated heterocycles. The Balaban J connectivity index is 1.42. The molecule has 1 aromatic heterocycles. The average Bonchev–Trinajstić information content (AvgIpc) is 2.64. The highest BCUT2D eigenvalue weighted by molar-refractivity contribution is 5.94. The van der Waals surface area contributed by atoms with Crippen molar-refractivity contribution < 1.29 is 9.59 Å². The standard InChI is InChI=1S/C19H22N4O3/c24-17-7-6-14(12-20-17)19(26)22-16-8-10-23(11-9-16)13-18(25)21-15-4-2-1-3-5-15/h1-7,12,16H,8-11,13H2,(H,20,24)(H,21,25)(H,22,26). The second kappa shape index (κ2) is 8.44. The number of piperidine rings is 1. The van der Waals surface area contributed by atoms with Crippen LogP contribution in [0.1, 0.15) is 23.2 Å². The molecule has 3 rings (SSSR count). The van der Waals surface area contributed by atoms with E-state index in [4.69, 9.17) is 0 Å². The summed E-state index contributed by atoms with van der Waals surface area (Å²) in [6, 6.07) is 12.3. The maximum atomic E-state index is 12.2. The maximum absolute atomic E-state index is 12.2. The molecule has 7 nitrogen and oxygen atoms in total. The van der Waals surface area contributed by atoms with Crippen molar-refractivity contribution in [1.29, 1.82) is 0 Å². The highest BCUT2D eigenvalue weighted by atomic mass is 16.2. The smallest absolute Gasteiger partial charge is 0.252 e. The number of hydrogen-bond acceptors (Lipinski definition) is 4. The van der Waals surface area contributed by atoms with Gasteiger partial charge in [0.1, 0.15) is 0 Å². The molecule has 1 aromatic carbocycles. The van der Waals surface area contributed by atoms with Crippen molar-refractivity contribution in [2.24, 2.45) is 0 Å². The Morgan fingerprint density at radius 1 is 1.08 bits per heavy atom. The second-order valence-electron chi connectivity index (χ2n) is 6.38. The molecule has 3 N–H and O–H groups in total. The summed E-state index contributed by atoms with van der Waals surface area (Å²) in [5.74, 6) is -0.228. The normalized spacial score (nSPS) is 15.4. The Bertz CT molecular complexity index is 791. The van der Waals surface area contributed by atoms with Crippen LogP contribution in [0.25, 0.3) is 0 Å².